The number of hydrogen-bond acceptors (Lipinski definition) is 3. The third-order valence-corrected chi connectivity index (χ3v) is 4.13. The van der Waals surface area contributed by atoms with E-state index in [9.17, 15) is 4.79 Å². The highest BCUT2D eigenvalue weighted by Crippen LogP contribution is 2.32. The van der Waals surface area contributed by atoms with E-state index in [-0.39, 0.29) is 0 Å². The maximum atomic E-state index is 11.9. The SMILES string of the molecule is CCCc1nc(C(=O)OC)cc2c3cc(Cl)ccc3n(C)c12. The van der Waals surface area contributed by atoms with Gasteiger partial charge in [-0.3, -0.25) is 0 Å². The minimum absolute atomic E-state index is 0.339. The first kappa shape index (κ1) is 14.9. The fourth-order valence-corrected chi connectivity index (χ4v) is 3.10. The molecule has 0 N–H and O–H groups in total. The van der Waals surface area contributed by atoms with Gasteiger partial charge in [-0.1, -0.05) is 24.9 Å². The van der Waals surface area contributed by atoms with Gasteiger partial charge in [0.2, 0.25) is 0 Å². The number of halogens is 1. The van der Waals surface area contributed by atoms with Crippen LogP contribution in [0.25, 0.3) is 21.8 Å². The zero-order valence-electron chi connectivity index (χ0n) is 12.8. The van der Waals surface area contributed by atoms with E-state index >= 15 is 0 Å². The molecule has 0 aliphatic heterocycles. The van der Waals surface area contributed by atoms with E-state index in [4.69, 9.17) is 16.3 Å². The van der Waals surface area contributed by atoms with Gasteiger partial charge in [-0.05, 0) is 30.7 Å². The molecule has 0 unspecified atom stereocenters. The van der Waals surface area contributed by atoms with Gasteiger partial charge in [0.25, 0.3) is 0 Å². The van der Waals surface area contributed by atoms with E-state index in [2.05, 4.69) is 16.5 Å². The molecule has 0 aliphatic rings. The summed E-state index contributed by atoms with van der Waals surface area (Å²) in [6.45, 7) is 2.10. The van der Waals surface area contributed by atoms with Crippen LogP contribution in [0.15, 0.2) is 24.3 Å². The van der Waals surface area contributed by atoms with Crippen molar-refractivity contribution in [2.75, 3.05) is 7.11 Å². The summed E-state index contributed by atoms with van der Waals surface area (Å²) in [6.07, 6.45) is 1.76. The summed E-state index contributed by atoms with van der Waals surface area (Å²) in [5.41, 5.74) is 3.37. The fourth-order valence-electron chi connectivity index (χ4n) is 2.93. The quantitative estimate of drug-likeness (QED) is 0.683. The van der Waals surface area contributed by atoms with Crippen molar-refractivity contribution in [1.29, 1.82) is 0 Å². The average Bonchev–Trinajstić information content (AvgIpc) is 2.79. The van der Waals surface area contributed by atoms with E-state index in [1.54, 1.807) is 6.07 Å². The normalized spacial score (nSPS) is 11.3. The third-order valence-electron chi connectivity index (χ3n) is 3.89. The Kier molecular flexibility index (Phi) is 3.79. The van der Waals surface area contributed by atoms with Gasteiger partial charge < -0.3 is 9.30 Å². The molecule has 0 spiro atoms. The standard InChI is InChI=1S/C17H17ClN2O2/c1-4-5-13-16-12(9-14(19-13)17(21)22-3)11-8-10(18)6-7-15(11)20(16)2/h6-9H,4-5H2,1-3H3. The highest BCUT2D eigenvalue weighted by molar-refractivity contribution is 6.32. The second-order valence-electron chi connectivity index (χ2n) is 5.31. The zero-order chi connectivity index (χ0) is 15.9. The third kappa shape index (κ3) is 2.24. The number of methoxy groups -OCH3 is 1. The van der Waals surface area contributed by atoms with E-state index in [1.807, 2.05) is 25.2 Å². The molecule has 3 rings (SSSR count). The van der Waals surface area contributed by atoms with Crippen molar-refractivity contribution in [3.05, 3.63) is 40.7 Å². The van der Waals surface area contributed by atoms with Gasteiger partial charge in [0.05, 0.1) is 18.3 Å². The van der Waals surface area contributed by atoms with Gasteiger partial charge in [0.1, 0.15) is 5.69 Å². The van der Waals surface area contributed by atoms with Crippen molar-refractivity contribution < 1.29 is 9.53 Å². The number of aryl methyl sites for hydroxylation is 2. The number of benzene rings is 1. The summed E-state index contributed by atoms with van der Waals surface area (Å²) < 4.78 is 6.94. The van der Waals surface area contributed by atoms with Gasteiger partial charge in [0.15, 0.2) is 0 Å². The Morgan fingerprint density at radius 3 is 2.77 bits per heavy atom. The number of rotatable bonds is 3. The number of carbonyl (C=O) groups is 1. The van der Waals surface area contributed by atoms with Gasteiger partial charge >= 0.3 is 5.97 Å². The average molecular weight is 317 g/mol. The van der Waals surface area contributed by atoms with Crippen LogP contribution in [0, 0.1) is 0 Å². The number of hydrogen-bond donors (Lipinski definition) is 0. The molecule has 2 aromatic heterocycles. The lowest BCUT2D eigenvalue weighted by atomic mass is 10.1. The molecule has 0 aliphatic carbocycles. The Hall–Kier alpha value is -2.07. The van der Waals surface area contributed by atoms with Crippen LogP contribution < -0.4 is 0 Å². The summed E-state index contributed by atoms with van der Waals surface area (Å²) in [4.78, 5) is 16.4. The molecule has 0 saturated heterocycles. The number of pyridine rings is 1. The van der Waals surface area contributed by atoms with Crippen LogP contribution in [0.4, 0.5) is 0 Å². The zero-order valence-corrected chi connectivity index (χ0v) is 13.6. The Bertz CT molecular complexity index is 883. The predicted molar refractivity (Wildman–Crippen MR) is 88.6 cm³/mol. The largest absolute Gasteiger partial charge is 0.464 e. The second-order valence-corrected chi connectivity index (χ2v) is 5.75. The Morgan fingerprint density at radius 1 is 1.32 bits per heavy atom. The summed E-state index contributed by atoms with van der Waals surface area (Å²) in [5, 5.41) is 2.68. The molecule has 0 atom stereocenters. The van der Waals surface area contributed by atoms with Crippen LogP contribution in [-0.4, -0.2) is 22.6 Å². The molecule has 3 aromatic rings. The Balaban J connectivity index is 2.44. The van der Waals surface area contributed by atoms with Crippen molar-refractivity contribution in [1.82, 2.24) is 9.55 Å². The Morgan fingerprint density at radius 2 is 2.09 bits per heavy atom. The molecule has 0 bridgehead atoms. The maximum absolute atomic E-state index is 11.9. The number of fused-ring (bicyclic) bond motifs is 3. The van der Waals surface area contributed by atoms with Crippen LogP contribution in [0.1, 0.15) is 29.5 Å². The molecule has 5 heteroatoms. The van der Waals surface area contributed by atoms with Gasteiger partial charge in [-0.15, -0.1) is 0 Å². The molecule has 2 heterocycles. The lowest BCUT2D eigenvalue weighted by molar-refractivity contribution is 0.0594. The van der Waals surface area contributed by atoms with Crippen molar-refractivity contribution in [2.45, 2.75) is 19.8 Å². The van der Waals surface area contributed by atoms with Crippen LogP contribution in [-0.2, 0) is 18.2 Å². The number of nitrogens with zero attached hydrogens (tertiary/aromatic N) is 2. The van der Waals surface area contributed by atoms with Crippen molar-refractivity contribution in [3.8, 4) is 0 Å². The van der Waals surface area contributed by atoms with Gasteiger partial charge in [-0.25, -0.2) is 9.78 Å². The minimum atomic E-state index is -0.418. The van der Waals surface area contributed by atoms with Crippen LogP contribution in [0.2, 0.25) is 5.02 Å². The van der Waals surface area contributed by atoms with E-state index in [0.29, 0.717) is 10.7 Å². The monoisotopic (exact) mass is 316 g/mol. The van der Waals surface area contributed by atoms with Crippen molar-refractivity contribution in [3.63, 3.8) is 0 Å². The molecule has 0 saturated carbocycles. The summed E-state index contributed by atoms with van der Waals surface area (Å²) in [5.74, 6) is -0.418. The van der Waals surface area contributed by atoms with Crippen LogP contribution in [0.3, 0.4) is 0 Å². The number of esters is 1. The number of aromatic nitrogens is 2. The first-order chi connectivity index (χ1) is 10.6. The van der Waals surface area contributed by atoms with E-state index in [1.165, 1.54) is 7.11 Å². The summed E-state index contributed by atoms with van der Waals surface area (Å²) in [6, 6.07) is 7.58. The molecule has 0 fully saturated rings. The summed E-state index contributed by atoms with van der Waals surface area (Å²) in [7, 11) is 3.38. The fraction of sp³-hybridized carbons (Fsp3) is 0.294. The maximum Gasteiger partial charge on any atom is 0.356 e. The first-order valence-electron chi connectivity index (χ1n) is 7.22. The highest BCUT2D eigenvalue weighted by atomic mass is 35.5. The Labute approximate surface area is 133 Å². The molecule has 0 radical (unpaired) electrons. The smallest absolute Gasteiger partial charge is 0.356 e. The van der Waals surface area contributed by atoms with Gasteiger partial charge in [0, 0.05) is 28.4 Å². The molecular formula is C17H17ClN2O2. The molecular weight excluding hydrogens is 300 g/mol. The lowest BCUT2D eigenvalue weighted by Gasteiger charge is -2.07. The molecule has 114 valence electrons. The molecule has 22 heavy (non-hydrogen) atoms. The minimum Gasteiger partial charge on any atom is -0.464 e. The first-order valence-corrected chi connectivity index (χ1v) is 7.60. The van der Waals surface area contributed by atoms with Crippen LogP contribution in [0.5, 0.6) is 0 Å². The number of ether oxygens (including phenoxy) is 1. The molecule has 1 aromatic carbocycles. The second kappa shape index (κ2) is 5.61. The highest BCUT2D eigenvalue weighted by Gasteiger charge is 2.18. The van der Waals surface area contributed by atoms with Crippen molar-refractivity contribution >= 4 is 39.4 Å². The topological polar surface area (TPSA) is 44.1 Å². The van der Waals surface area contributed by atoms with E-state index in [0.717, 1.165) is 40.3 Å². The van der Waals surface area contributed by atoms with Crippen molar-refractivity contribution in [2.24, 2.45) is 7.05 Å². The lowest BCUT2D eigenvalue weighted by Crippen LogP contribution is -2.07. The summed E-state index contributed by atoms with van der Waals surface area (Å²) >= 11 is 6.14. The molecule has 0 amide bonds. The number of carbonyl (C=O) groups excluding carboxylic acids is 1. The predicted octanol–water partition coefficient (Wildman–Crippen LogP) is 4.12. The van der Waals surface area contributed by atoms with Crippen LogP contribution >= 0.6 is 11.6 Å². The van der Waals surface area contributed by atoms with Gasteiger partial charge in [-0.2, -0.15) is 0 Å². The molecule has 4 nitrogen and oxygen atoms in total. The van der Waals surface area contributed by atoms with E-state index < -0.39 is 5.97 Å².